The first kappa shape index (κ1) is 10.1. The van der Waals surface area contributed by atoms with Gasteiger partial charge in [-0.15, -0.1) is 0 Å². The lowest BCUT2D eigenvalue weighted by Crippen LogP contribution is -2.40. The van der Waals surface area contributed by atoms with E-state index in [2.05, 4.69) is 0 Å². The maximum atomic E-state index is 11.7. The quantitative estimate of drug-likeness (QED) is 0.586. The van der Waals surface area contributed by atoms with Gasteiger partial charge >= 0.3 is 5.97 Å². The number of ketones is 1. The van der Waals surface area contributed by atoms with Gasteiger partial charge in [0.2, 0.25) is 0 Å². The highest BCUT2D eigenvalue weighted by Gasteiger charge is 2.55. The van der Waals surface area contributed by atoms with E-state index in [0.717, 1.165) is 31.3 Å². The Morgan fingerprint density at radius 1 is 1.31 bits per heavy atom. The summed E-state index contributed by atoms with van der Waals surface area (Å²) < 4.78 is 5.26. The molecule has 0 aromatic rings. The first-order chi connectivity index (χ1) is 7.65. The van der Waals surface area contributed by atoms with Crippen LogP contribution in [0.25, 0.3) is 0 Å². The number of esters is 1. The first-order valence-corrected chi connectivity index (χ1v) is 6.05. The maximum Gasteiger partial charge on any atom is 0.309 e. The lowest BCUT2D eigenvalue weighted by molar-refractivity contribution is -0.141. The summed E-state index contributed by atoms with van der Waals surface area (Å²) in [6.45, 7) is 2.43. The van der Waals surface area contributed by atoms with Crippen molar-refractivity contribution >= 4 is 11.8 Å². The molecule has 1 heterocycles. The summed E-state index contributed by atoms with van der Waals surface area (Å²) in [5.41, 5.74) is 2.04. The number of hydrogen-bond donors (Lipinski definition) is 0. The van der Waals surface area contributed by atoms with Crippen molar-refractivity contribution in [3.8, 4) is 0 Å². The molecule has 0 aromatic heterocycles. The molecule has 0 amide bonds. The van der Waals surface area contributed by atoms with Crippen LogP contribution in [-0.4, -0.2) is 18.4 Å². The molecule has 1 saturated carbocycles. The zero-order chi connectivity index (χ0) is 11.3. The van der Waals surface area contributed by atoms with Crippen LogP contribution in [-0.2, 0) is 14.3 Å². The van der Waals surface area contributed by atoms with Crippen molar-refractivity contribution in [2.24, 2.45) is 11.3 Å². The number of allylic oxidation sites excluding steroid dienone is 1. The molecule has 3 nitrogen and oxygen atoms in total. The van der Waals surface area contributed by atoms with E-state index in [1.807, 2.05) is 6.92 Å². The van der Waals surface area contributed by atoms with Gasteiger partial charge in [0.05, 0.1) is 5.92 Å². The van der Waals surface area contributed by atoms with Gasteiger partial charge in [0.1, 0.15) is 6.61 Å². The molecule has 86 valence electrons. The van der Waals surface area contributed by atoms with Gasteiger partial charge in [0, 0.05) is 11.8 Å². The van der Waals surface area contributed by atoms with E-state index < -0.39 is 0 Å². The SMILES string of the molecule is CC1=C2CCC[C@H]3C(=O)OC[C@@]23CCC1=O. The van der Waals surface area contributed by atoms with Crippen molar-refractivity contribution in [2.45, 2.75) is 39.0 Å². The van der Waals surface area contributed by atoms with E-state index in [-0.39, 0.29) is 23.1 Å². The third-order valence-corrected chi connectivity index (χ3v) is 4.61. The first-order valence-electron chi connectivity index (χ1n) is 6.05. The Kier molecular flexibility index (Phi) is 2.00. The summed E-state index contributed by atoms with van der Waals surface area (Å²) in [6, 6.07) is 0. The second-order valence-electron chi connectivity index (χ2n) is 5.24. The third-order valence-electron chi connectivity index (χ3n) is 4.61. The number of Topliss-reactive ketones (excluding diaryl/α,β-unsaturated/α-hetero) is 1. The van der Waals surface area contributed by atoms with Gasteiger partial charge in [0.15, 0.2) is 5.78 Å². The van der Waals surface area contributed by atoms with Crippen LogP contribution < -0.4 is 0 Å². The summed E-state index contributed by atoms with van der Waals surface area (Å²) in [5, 5.41) is 0. The molecule has 0 N–H and O–H groups in total. The van der Waals surface area contributed by atoms with Gasteiger partial charge in [0.25, 0.3) is 0 Å². The number of carbonyl (C=O) groups is 2. The van der Waals surface area contributed by atoms with Crippen LogP contribution in [0.2, 0.25) is 0 Å². The van der Waals surface area contributed by atoms with Crippen LogP contribution in [0.1, 0.15) is 39.0 Å². The smallest absolute Gasteiger partial charge is 0.309 e. The topological polar surface area (TPSA) is 43.4 Å². The van der Waals surface area contributed by atoms with E-state index in [1.54, 1.807) is 0 Å². The van der Waals surface area contributed by atoms with Crippen LogP contribution in [0.15, 0.2) is 11.1 Å². The van der Waals surface area contributed by atoms with Gasteiger partial charge < -0.3 is 4.74 Å². The van der Waals surface area contributed by atoms with E-state index in [4.69, 9.17) is 4.74 Å². The van der Waals surface area contributed by atoms with Crippen molar-refractivity contribution < 1.29 is 14.3 Å². The standard InChI is InChI=1S/C13H16O3/c1-8-9-3-2-4-10-12(15)16-7-13(9,10)6-5-11(8)14/h10H,2-7H2,1H3/t10-,13-/m0/s1. The lowest BCUT2D eigenvalue weighted by atomic mass is 9.59. The minimum absolute atomic E-state index is 0.0271. The van der Waals surface area contributed by atoms with E-state index >= 15 is 0 Å². The normalized spacial score (nSPS) is 38.2. The summed E-state index contributed by atoms with van der Waals surface area (Å²) in [6.07, 6.45) is 4.33. The van der Waals surface area contributed by atoms with Gasteiger partial charge in [-0.2, -0.15) is 0 Å². The van der Waals surface area contributed by atoms with Crippen molar-refractivity contribution in [2.75, 3.05) is 6.61 Å². The zero-order valence-corrected chi connectivity index (χ0v) is 9.54. The molecule has 0 radical (unpaired) electrons. The van der Waals surface area contributed by atoms with Gasteiger partial charge in [-0.25, -0.2) is 0 Å². The lowest BCUT2D eigenvalue weighted by Gasteiger charge is -2.42. The van der Waals surface area contributed by atoms with Crippen LogP contribution in [0.3, 0.4) is 0 Å². The molecule has 0 bridgehead atoms. The van der Waals surface area contributed by atoms with E-state index in [0.29, 0.717) is 13.0 Å². The highest BCUT2D eigenvalue weighted by Crippen LogP contribution is 2.55. The minimum atomic E-state index is -0.104. The molecule has 3 heteroatoms. The number of ether oxygens (including phenoxy) is 1. The molecule has 0 unspecified atom stereocenters. The third kappa shape index (κ3) is 1.09. The second kappa shape index (κ2) is 3.19. The number of hydrogen-bond acceptors (Lipinski definition) is 3. The maximum absolute atomic E-state index is 11.7. The van der Waals surface area contributed by atoms with E-state index in [9.17, 15) is 9.59 Å². The Balaban J connectivity index is 2.12. The van der Waals surface area contributed by atoms with Gasteiger partial charge in [-0.05, 0) is 38.2 Å². The number of carbonyl (C=O) groups excluding carboxylic acids is 2. The number of cyclic esters (lactones) is 1. The molecule has 16 heavy (non-hydrogen) atoms. The van der Waals surface area contributed by atoms with Crippen molar-refractivity contribution in [3.63, 3.8) is 0 Å². The summed E-state index contributed by atoms with van der Waals surface area (Å²) in [7, 11) is 0. The van der Waals surface area contributed by atoms with Crippen molar-refractivity contribution in [1.82, 2.24) is 0 Å². The highest BCUT2D eigenvalue weighted by atomic mass is 16.5. The van der Waals surface area contributed by atoms with Crippen LogP contribution in [0.5, 0.6) is 0 Å². The molecule has 3 rings (SSSR count). The van der Waals surface area contributed by atoms with E-state index in [1.165, 1.54) is 5.57 Å². The molecule has 2 fully saturated rings. The molecule has 0 aromatic carbocycles. The molecule has 1 spiro atoms. The van der Waals surface area contributed by atoms with Crippen LogP contribution in [0.4, 0.5) is 0 Å². The monoisotopic (exact) mass is 220 g/mol. The average Bonchev–Trinajstić information content (AvgIpc) is 2.62. The molecule has 2 aliphatic carbocycles. The van der Waals surface area contributed by atoms with Gasteiger partial charge in [-0.3, -0.25) is 9.59 Å². The summed E-state index contributed by atoms with van der Waals surface area (Å²) in [4.78, 5) is 23.4. The molecular formula is C13H16O3. The molecular weight excluding hydrogens is 204 g/mol. The Morgan fingerprint density at radius 2 is 2.12 bits per heavy atom. The Bertz CT molecular complexity index is 407. The summed E-state index contributed by atoms with van der Waals surface area (Å²) >= 11 is 0. The minimum Gasteiger partial charge on any atom is -0.464 e. The summed E-state index contributed by atoms with van der Waals surface area (Å²) in [5.74, 6) is 0.249. The van der Waals surface area contributed by atoms with Crippen LogP contribution in [0, 0.1) is 11.3 Å². The fourth-order valence-corrected chi connectivity index (χ4v) is 3.70. The Hall–Kier alpha value is -1.12. The van der Waals surface area contributed by atoms with Gasteiger partial charge in [-0.1, -0.05) is 5.57 Å². The predicted molar refractivity (Wildman–Crippen MR) is 57.7 cm³/mol. The van der Waals surface area contributed by atoms with Crippen LogP contribution >= 0.6 is 0 Å². The zero-order valence-electron chi connectivity index (χ0n) is 9.54. The fraction of sp³-hybridized carbons (Fsp3) is 0.692. The molecule has 1 aliphatic heterocycles. The predicted octanol–water partition coefficient (Wildman–Crippen LogP) is 2.01. The molecule has 3 aliphatic rings. The number of rotatable bonds is 0. The van der Waals surface area contributed by atoms with Crippen molar-refractivity contribution in [3.05, 3.63) is 11.1 Å². The second-order valence-corrected chi connectivity index (χ2v) is 5.24. The van der Waals surface area contributed by atoms with Crippen molar-refractivity contribution in [1.29, 1.82) is 0 Å². The average molecular weight is 220 g/mol. The largest absolute Gasteiger partial charge is 0.464 e. The fourth-order valence-electron chi connectivity index (χ4n) is 3.70. The Morgan fingerprint density at radius 3 is 2.94 bits per heavy atom. The molecule has 2 atom stereocenters. The highest BCUT2D eigenvalue weighted by molar-refractivity contribution is 5.97. The Labute approximate surface area is 94.8 Å². The molecule has 1 saturated heterocycles.